The SMILES string of the molecule is C=C(C)[C@@H]1COc2c(C)cc3oc4c(C[C@H](OC(C)=O)C(C)(C)O)ccc(O)c4c(=O)c3c2[C@@H]1O. The number of aliphatic hydroxyl groups excluding tert-OH is 1. The molecular weight excluding hydrogens is 452 g/mol. The predicted molar refractivity (Wildman–Crippen MR) is 131 cm³/mol. The van der Waals surface area contributed by atoms with E-state index in [0.717, 1.165) is 5.57 Å². The second-order valence-electron chi connectivity index (χ2n) is 9.85. The van der Waals surface area contributed by atoms with E-state index in [1.165, 1.54) is 26.8 Å². The van der Waals surface area contributed by atoms with Crippen LogP contribution in [-0.2, 0) is 16.0 Å². The van der Waals surface area contributed by atoms with Crippen LogP contribution in [0.2, 0.25) is 0 Å². The summed E-state index contributed by atoms with van der Waals surface area (Å²) in [5, 5.41) is 32.4. The number of esters is 1. The zero-order valence-electron chi connectivity index (χ0n) is 20.5. The van der Waals surface area contributed by atoms with Gasteiger partial charge >= 0.3 is 5.97 Å². The predicted octanol–water partition coefficient (Wildman–Crippen LogP) is 3.82. The van der Waals surface area contributed by atoms with Gasteiger partial charge in [-0.3, -0.25) is 9.59 Å². The van der Waals surface area contributed by atoms with Gasteiger partial charge in [-0.15, -0.1) is 0 Å². The smallest absolute Gasteiger partial charge is 0.303 e. The number of carbonyl (C=O) groups excluding carboxylic acids is 1. The van der Waals surface area contributed by atoms with Gasteiger partial charge in [0.05, 0.1) is 23.7 Å². The standard InChI is InChI=1S/C27H30O8/c1-12(2)16-11-33-25-13(3)9-18-21(22(25)23(16)30)24(31)20-17(29)8-7-15(26(20)35-18)10-19(27(5,6)32)34-14(4)28/h7-9,16,19,23,29-30,32H,1,10-11H2,2-6H3/t16-,19-,23+/m0/s1. The molecule has 0 unspecified atom stereocenters. The van der Waals surface area contributed by atoms with Crippen molar-refractivity contribution < 1.29 is 34.0 Å². The second kappa shape index (κ2) is 8.70. The second-order valence-corrected chi connectivity index (χ2v) is 9.85. The Morgan fingerprint density at radius 2 is 1.97 bits per heavy atom. The summed E-state index contributed by atoms with van der Waals surface area (Å²) in [4.78, 5) is 25.4. The molecule has 0 fully saturated rings. The summed E-state index contributed by atoms with van der Waals surface area (Å²) in [5.74, 6) is -0.834. The van der Waals surface area contributed by atoms with E-state index in [4.69, 9.17) is 13.9 Å². The molecular formula is C27H30O8. The van der Waals surface area contributed by atoms with Gasteiger partial charge in [0.2, 0.25) is 5.43 Å². The number of phenols is 1. The number of aryl methyl sites for hydroxylation is 1. The molecule has 186 valence electrons. The lowest BCUT2D eigenvalue weighted by Crippen LogP contribution is -2.41. The van der Waals surface area contributed by atoms with Crippen LogP contribution in [0.3, 0.4) is 0 Å². The number of benzene rings is 2. The topological polar surface area (TPSA) is 126 Å². The van der Waals surface area contributed by atoms with E-state index in [1.807, 2.05) is 0 Å². The molecule has 3 N–H and O–H groups in total. The largest absolute Gasteiger partial charge is 0.507 e. The van der Waals surface area contributed by atoms with Gasteiger partial charge in [-0.05, 0) is 51.0 Å². The molecule has 0 aliphatic carbocycles. The van der Waals surface area contributed by atoms with E-state index < -0.39 is 35.1 Å². The third kappa shape index (κ3) is 4.28. The van der Waals surface area contributed by atoms with Gasteiger partial charge in [-0.25, -0.2) is 0 Å². The van der Waals surface area contributed by atoms with Crippen molar-refractivity contribution in [2.75, 3.05) is 6.61 Å². The lowest BCUT2D eigenvalue weighted by atomic mass is 9.85. The number of hydrogen-bond acceptors (Lipinski definition) is 8. The van der Waals surface area contributed by atoms with Gasteiger partial charge in [0.1, 0.15) is 34.2 Å². The average Bonchev–Trinajstić information content (AvgIpc) is 2.74. The molecule has 0 amide bonds. The normalized spacial score (nSPS) is 18.7. The van der Waals surface area contributed by atoms with E-state index in [2.05, 4.69) is 6.58 Å². The molecule has 0 radical (unpaired) electrons. The van der Waals surface area contributed by atoms with Crippen LogP contribution in [0.1, 0.15) is 50.5 Å². The molecule has 1 aliphatic heterocycles. The average molecular weight is 483 g/mol. The maximum Gasteiger partial charge on any atom is 0.303 e. The molecule has 8 heteroatoms. The third-order valence-electron chi connectivity index (χ3n) is 6.57. The fraction of sp³-hybridized carbons (Fsp3) is 0.407. The zero-order chi connectivity index (χ0) is 25.8. The first-order chi connectivity index (χ1) is 16.3. The quantitative estimate of drug-likeness (QED) is 0.285. The van der Waals surface area contributed by atoms with E-state index in [-0.39, 0.29) is 40.7 Å². The summed E-state index contributed by atoms with van der Waals surface area (Å²) in [6, 6.07) is 4.59. The molecule has 8 nitrogen and oxygen atoms in total. The van der Waals surface area contributed by atoms with Crippen molar-refractivity contribution in [1.82, 2.24) is 0 Å². The molecule has 1 aliphatic rings. The number of rotatable bonds is 5. The van der Waals surface area contributed by atoms with Gasteiger partial charge in [-0.1, -0.05) is 18.2 Å². The molecule has 35 heavy (non-hydrogen) atoms. The van der Waals surface area contributed by atoms with Gasteiger partial charge in [0, 0.05) is 24.8 Å². The van der Waals surface area contributed by atoms with Gasteiger partial charge < -0.3 is 29.2 Å². The minimum absolute atomic E-state index is 0.0434. The Balaban J connectivity index is 2.00. The fourth-order valence-corrected chi connectivity index (χ4v) is 4.64. The van der Waals surface area contributed by atoms with Gasteiger partial charge in [0.25, 0.3) is 0 Å². The van der Waals surface area contributed by atoms with Crippen molar-refractivity contribution >= 4 is 27.9 Å². The number of hydrogen-bond donors (Lipinski definition) is 3. The number of aliphatic hydroxyl groups is 2. The first-order valence-electron chi connectivity index (χ1n) is 11.4. The van der Waals surface area contributed by atoms with Crippen molar-refractivity contribution in [2.45, 2.75) is 58.8 Å². The Hall–Kier alpha value is -3.36. The summed E-state index contributed by atoms with van der Waals surface area (Å²) in [5.41, 5.74) is 0.636. The molecule has 0 spiro atoms. The summed E-state index contributed by atoms with van der Waals surface area (Å²) in [7, 11) is 0. The number of fused-ring (bicyclic) bond motifs is 4. The highest BCUT2D eigenvalue weighted by molar-refractivity contribution is 5.97. The third-order valence-corrected chi connectivity index (χ3v) is 6.57. The highest BCUT2D eigenvalue weighted by atomic mass is 16.6. The van der Waals surface area contributed by atoms with Gasteiger partial charge in [0.15, 0.2) is 0 Å². The molecule has 2 heterocycles. The van der Waals surface area contributed by atoms with Crippen LogP contribution in [0.15, 0.2) is 39.6 Å². The fourth-order valence-electron chi connectivity index (χ4n) is 4.64. The first kappa shape index (κ1) is 24.8. The summed E-state index contributed by atoms with van der Waals surface area (Å²) in [6.07, 6.45) is -1.92. The van der Waals surface area contributed by atoms with Crippen LogP contribution in [0.4, 0.5) is 0 Å². The summed E-state index contributed by atoms with van der Waals surface area (Å²) >= 11 is 0. The number of phenolic OH excluding ortho intramolecular Hbond substituents is 1. The summed E-state index contributed by atoms with van der Waals surface area (Å²) < 4.78 is 17.4. The van der Waals surface area contributed by atoms with Crippen molar-refractivity contribution in [3.63, 3.8) is 0 Å². The summed E-state index contributed by atoms with van der Waals surface area (Å²) in [6.45, 7) is 12.0. The molecule has 3 atom stereocenters. The molecule has 0 bridgehead atoms. The zero-order valence-corrected chi connectivity index (χ0v) is 20.5. The minimum atomic E-state index is -1.37. The van der Waals surface area contributed by atoms with E-state index in [1.54, 1.807) is 26.0 Å². The van der Waals surface area contributed by atoms with E-state index in [0.29, 0.717) is 22.4 Å². The number of carbonyl (C=O) groups is 1. The van der Waals surface area contributed by atoms with Gasteiger partial charge in [-0.2, -0.15) is 0 Å². The molecule has 4 rings (SSSR count). The van der Waals surface area contributed by atoms with Crippen LogP contribution in [0.5, 0.6) is 11.5 Å². The van der Waals surface area contributed by atoms with Crippen molar-refractivity contribution in [2.24, 2.45) is 5.92 Å². The van der Waals surface area contributed by atoms with Crippen LogP contribution < -0.4 is 10.2 Å². The lowest BCUT2D eigenvalue weighted by molar-refractivity contribution is -0.159. The Kier molecular flexibility index (Phi) is 6.15. The molecule has 0 saturated carbocycles. The van der Waals surface area contributed by atoms with E-state index >= 15 is 0 Å². The Morgan fingerprint density at radius 1 is 1.29 bits per heavy atom. The highest BCUT2D eigenvalue weighted by Crippen LogP contribution is 2.44. The Bertz CT molecular complexity index is 1410. The molecule has 0 saturated heterocycles. The maximum atomic E-state index is 13.8. The van der Waals surface area contributed by atoms with Crippen LogP contribution >= 0.6 is 0 Å². The maximum absolute atomic E-state index is 13.8. The monoisotopic (exact) mass is 482 g/mol. The van der Waals surface area contributed by atoms with Crippen molar-refractivity contribution in [3.05, 3.63) is 57.3 Å². The molecule has 3 aromatic rings. The van der Waals surface area contributed by atoms with Crippen LogP contribution in [0, 0.1) is 12.8 Å². The lowest BCUT2D eigenvalue weighted by Gasteiger charge is -2.32. The van der Waals surface area contributed by atoms with Crippen LogP contribution in [0.25, 0.3) is 21.9 Å². The van der Waals surface area contributed by atoms with Crippen LogP contribution in [-0.4, -0.2) is 39.6 Å². The molecule has 2 aromatic carbocycles. The van der Waals surface area contributed by atoms with E-state index in [9.17, 15) is 24.9 Å². The Labute approximate surface area is 202 Å². The van der Waals surface area contributed by atoms with Crippen molar-refractivity contribution in [1.29, 1.82) is 0 Å². The number of ether oxygens (including phenoxy) is 2. The molecule has 1 aromatic heterocycles. The Morgan fingerprint density at radius 3 is 2.57 bits per heavy atom. The number of aromatic hydroxyl groups is 1. The first-order valence-corrected chi connectivity index (χ1v) is 11.4. The van der Waals surface area contributed by atoms with Crippen molar-refractivity contribution in [3.8, 4) is 11.5 Å². The highest BCUT2D eigenvalue weighted by Gasteiger charge is 2.35. The minimum Gasteiger partial charge on any atom is -0.507 e.